The highest BCUT2D eigenvalue weighted by Gasteiger charge is 2.19. The SMILES string of the molecule is CC(C)(C)c1cccc(-n2c3ccccc3c3cc(-c4ccc5c(c4)c4ccccc4n5-c4cccc(S(C)(C)C)c4)ccc32)c1. The number of benzene rings is 6. The van der Waals surface area contributed by atoms with Gasteiger partial charge in [-0.2, -0.15) is 0 Å². The zero-order valence-corrected chi connectivity index (χ0v) is 28.3. The Balaban J connectivity index is 1.31. The minimum Gasteiger partial charge on any atom is -0.309 e. The van der Waals surface area contributed by atoms with Gasteiger partial charge in [-0.25, -0.2) is 10.0 Å². The van der Waals surface area contributed by atoms with Crippen LogP contribution in [0.3, 0.4) is 0 Å². The van der Waals surface area contributed by atoms with Crippen LogP contribution in [0, 0.1) is 0 Å². The molecule has 46 heavy (non-hydrogen) atoms. The van der Waals surface area contributed by atoms with Crippen LogP contribution in [0.25, 0.3) is 66.1 Å². The summed E-state index contributed by atoms with van der Waals surface area (Å²) in [5.41, 5.74) is 11.3. The number of hydrogen-bond acceptors (Lipinski definition) is 0. The molecule has 3 heteroatoms. The molecular weight excluding hydrogens is 577 g/mol. The second kappa shape index (κ2) is 10.4. The third kappa shape index (κ3) is 4.65. The van der Waals surface area contributed by atoms with Crippen LogP contribution in [0.15, 0.2) is 138 Å². The molecule has 0 aliphatic carbocycles. The van der Waals surface area contributed by atoms with Crippen LogP contribution in [0.5, 0.6) is 0 Å². The summed E-state index contributed by atoms with van der Waals surface area (Å²) in [5, 5.41) is 5.12. The number of fused-ring (bicyclic) bond motifs is 6. The molecule has 0 aliphatic heterocycles. The van der Waals surface area contributed by atoms with Crippen molar-refractivity contribution in [3.05, 3.63) is 139 Å². The molecule has 0 aliphatic rings. The second-order valence-electron chi connectivity index (χ2n) is 14.3. The van der Waals surface area contributed by atoms with E-state index in [2.05, 4.69) is 182 Å². The van der Waals surface area contributed by atoms with Gasteiger partial charge >= 0.3 is 0 Å². The topological polar surface area (TPSA) is 9.86 Å². The third-order valence-electron chi connectivity index (χ3n) is 9.43. The standard InChI is InChI=1S/C43H40N2S/c1-43(2,3)31-13-11-14-32(27-31)44-39-19-9-7-17-35(39)37-25-29(21-23-41(37)44)30-22-24-42-38(26-30)36-18-8-10-20-40(36)45(42)33-15-12-16-34(28-33)46(4,5)6/h7-28H,1-6H3. The van der Waals surface area contributed by atoms with E-state index >= 15 is 0 Å². The molecular formula is C43H40N2S. The van der Waals surface area contributed by atoms with Gasteiger partial charge in [-0.15, -0.1) is 0 Å². The van der Waals surface area contributed by atoms with E-state index in [9.17, 15) is 0 Å². The molecule has 8 aromatic rings. The van der Waals surface area contributed by atoms with Gasteiger partial charge in [0.15, 0.2) is 0 Å². The first-order valence-corrected chi connectivity index (χ1v) is 18.9. The Kier molecular flexibility index (Phi) is 6.49. The van der Waals surface area contributed by atoms with Crippen LogP contribution < -0.4 is 0 Å². The summed E-state index contributed by atoms with van der Waals surface area (Å²) in [6, 6.07) is 49.7. The number of rotatable bonds is 4. The fourth-order valence-corrected chi connectivity index (χ4v) is 7.94. The first-order chi connectivity index (χ1) is 22.1. The highest BCUT2D eigenvalue weighted by Crippen LogP contribution is 2.46. The zero-order chi connectivity index (χ0) is 31.8. The summed E-state index contributed by atoms with van der Waals surface area (Å²) >= 11 is 0. The Hall–Kier alpha value is -4.73. The smallest absolute Gasteiger partial charge is 0.0541 e. The van der Waals surface area contributed by atoms with Crippen LogP contribution in [0.2, 0.25) is 0 Å². The van der Waals surface area contributed by atoms with Crippen LogP contribution in [0.1, 0.15) is 26.3 Å². The minimum absolute atomic E-state index is 0.0835. The molecule has 0 bridgehead atoms. The summed E-state index contributed by atoms with van der Waals surface area (Å²) in [6.07, 6.45) is 7.09. The molecule has 0 fully saturated rings. The Morgan fingerprint density at radius 2 is 0.913 bits per heavy atom. The average molecular weight is 617 g/mol. The van der Waals surface area contributed by atoms with E-state index in [1.165, 1.54) is 76.6 Å². The first-order valence-electron chi connectivity index (χ1n) is 16.0. The summed E-state index contributed by atoms with van der Waals surface area (Å²) in [4.78, 5) is 1.42. The van der Waals surface area contributed by atoms with Crippen molar-refractivity contribution in [2.45, 2.75) is 31.1 Å². The lowest BCUT2D eigenvalue weighted by Crippen LogP contribution is -2.11. The quantitative estimate of drug-likeness (QED) is 0.186. The minimum atomic E-state index is -0.839. The zero-order valence-electron chi connectivity index (χ0n) is 27.5. The summed E-state index contributed by atoms with van der Waals surface area (Å²) in [6.45, 7) is 6.84. The van der Waals surface area contributed by atoms with Crippen LogP contribution >= 0.6 is 10.0 Å². The van der Waals surface area contributed by atoms with Gasteiger partial charge in [-0.05, 0) is 112 Å². The molecule has 228 valence electrons. The van der Waals surface area contributed by atoms with Crippen molar-refractivity contribution in [3.8, 4) is 22.5 Å². The van der Waals surface area contributed by atoms with Crippen LogP contribution in [-0.4, -0.2) is 27.9 Å². The molecule has 0 N–H and O–H groups in total. The van der Waals surface area contributed by atoms with Crippen molar-refractivity contribution in [2.75, 3.05) is 18.8 Å². The highest BCUT2D eigenvalue weighted by atomic mass is 32.3. The van der Waals surface area contributed by atoms with E-state index in [0.717, 1.165) is 0 Å². The van der Waals surface area contributed by atoms with Crippen LogP contribution in [0.4, 0.5) is 0 Å². The Bertz CT molecular complexity index is 2270. The van der Waals surface area contributed by atoms with Gasteiger partial charge < -0.3 is 9.13 Å². The summed E-state index contributed by atoms with van der Waals surface area (Å²) in [5.74, 6) is 0. The lowest BCUT2D eigenvalue weighted by atomic mass is 9.87. The fraction of sp³-hybridized carbons (Fsp3) is 0.163. The molecule has 0 radical (unpaired) electrons. The van der Waals surface area contributed by atoms with E-state index < -0.39 is 10.0 Å². The molecule has 0 spiro atoms. The van der Waals surface area contributed by atoms with Crippen molar-refractivity contribution in [2.24, 2.45) is 0 Å². The maximum Gasteiger partial charge on any atom is 0.0541 e. The Morgan fingerprint density at radius 3 is 1.43 bits per heavy atom. The monoisotopic (exact) mass is 616 g/mol. The average Bonchev–Trinajstić information content (AvgIpc) is 3.56. The number of hydrogen-bond donors (Lipinski definition) is 0. The van der Waals surface area contributed by atoms with Crippen LogP contribution in [-0.2, 0) is 5.41 Å². The molecule has 0 saturated heterocycles. The Morgan fingerprint density at radius 1 is 0.435 bits per heavy atom. The van der Waals surface area contributed by atoms with Gasteiger partial charge in [0.05, 0.1) is 22.1 Å². The molecule has 0 unspecified atom stereocenters. The lowest BCUT2D eigenvalue weighted by molar-refractivity contribution is 0.590. The lowest BCUT2D eigenvalue weighted by Gasteiger charge is -2.26. The molecule has 2 nitrogen and oxygen atoms in total. The molecule has 8 rings (SSSR count). The predicted molar refractivity (Wildman–Crippen MR) is 203 cm³/mol. The van der Waals surface area contributed by atoms with E-state index in [0.29, 0.717) is 0 Å². The van der Waals surface area contributed by atoms with Crippen molar-refractivity contribution in [1.82, 2.24) is 9.13 Å². The van der Waals surface area contributed by atoms with Gasteiger partial charge in [-0.3, -0.25) is 0 Å². The Labute approximate surface area is 273 Å². The van der Waals surface area contributed by atoms with Gasteiger partial charge in [-0.1, -0.05) is 87.5 Å². The molecule has 2 aromatic heterocycles. The molecule has 6 aromatic carbocycles. The normalized spacial score (nSPS) is 12.9. The van der Waals surface area contributed by atoms with Crippen molar-refractivity contribution < 1.29 is 0 Å². The maximum absolute atomic E-state index is 2.44. The van der Waals surface area contributed by atoms with Gasteiger partial charge in [0.2, 0.25) is 0 Å². The molecule has 0 saturated carbocycles. The van der Waals surface area contributed by atoms with Gasteiger partial charge in [0.1, 0.15) is 0 Å². The van der Waals surface area contributed by atoms with E-state index in [1.807, 2.05) is 0 Å². The van der Waals surface area contributed by atoms with Crippen molar-refractivity contribution in [3.63, 3.8) is 0 Å². The highest BCUT2D eigenvalue weighted by molar-refractivity contribution is 8.32. The second-order valence-corrected chi connectivity index (χ2v) is 18.4. The first kappa shape index (κ1) is 28.7. The molecule has 0 amide bonds. The predicted octanol–water partition coefficient (Wildman–Crippen LogP) is 11.9. The van der Waals surface area contributed by atoms with Crippen molar-refractivity contribution in [1.29, 1.82) is 0 Å². The summed E-state index contributed by atoms with van der Waals surface area (Å²) in [7, 11) is -0.839. The number of para-hydroxylation sites is 2. The maximum atomic E-state index is 2.44. The molecule has 2 heterocycles. The third-order valence-corrected chi connectivity index (χ3v) is 11.1. The van der Waals surface area contributed by atoms with E-state index in [-0.39, 0.29) is 5.41 Å². The van der Waals surface area contributed by atoms with E-state index in [1.54, 1.807) is 0 Å². The number of aromatic nitrogens is 2. The largest absolute Gasteiger partial charge is 0.309 e. The fourth-order valence-electron chi connectivity index (χ4n) is 6.98. The van der Waals surface area contributed by atoms with Crippen molar-refractivity contribution >= 4 is 53.6 Å². The summed E-state index contributed by atoms with van der Waals surface area (Å²) < 4.78 is 4.86. The molecule has 0 atom stereocenters. The van der Waals surface area contributed by atoms with Gasteiger partial charge in [0, 0.05) is 32.9 Å². The van der Waals surface area contributed by atoms with Gasteiger partial charge in [0.25, 0.3) is 0 Å². The number of nitrogens with zero attached hydrogens (tertiary/aromatic N) is 2. The van der Waals surface area contributed by atoms with E-state index in [4.69, 9.17) is 0 Å².